The molecule has 0 saturated carbocycles. The molecule has 0 aliphatic carbocycles. The number of benzene rings is 4. The molecule has 0 aliphatic heterocycles. The Hall–Kier alpha value is -2.22. The van der Waals surface area contributed by atoms with Crippen molar-refractivity contribution in [3.05, 3.63) is 36.4 Å². The third kappa shape index (κ3) is 3.66. The van der Waals surface area contributed by atoms with Crippen LogP contribution in [0.15, 0.2) is 51.1 Å². The third-order valence-electron chi connectivity index (χ3n) is 4.80. The number of ether oxygens (including phenoxy) is 1. The van der Waals surface area contributed by atoms with Gasteiger partial charge in [-0.15, -0.1) is 0 Å². The van der Waals surface area contributed by atoms with Crippen molar-refractivity contribution in [1.29, 1.82) is 0 Å². The van der Waals surface area contributed by atoms with Gasteiger partial charge in [0.1, 0.15) is 10.6 Å². The van der Waals surface area contributed by atoms with E-state index < -0.39 is 48.9 Å². The summed E-state index contributed by atoms with van der Waals surface area (Å²) in [5, 5.41) is 0.0353. The van der Waals surface area contributed by atoms with Crippen molar-refractivity contribution in [3.63, 3.8) is 0 Å². The second kappa shape index (κ2) is 7.14. The van der Waals surface area contributed by atoms with Gasteiger partial charge in [0.15, 0.2) is 0 Å². The molecule has 4 rings (SSSR count). The second-order valence-electron chi connectivity index (χ2n) is 6.76. The smallest absolute Gasteiger partial charge is 0.308 e. The predicted molar refractivity (Wildman–Crippen MR) is 117 cm³/mol. The van der Waals surface area contributed by atoms with E-state index in [4.69, 9.17) is 26.1 Å². The lowest BCUT2D eigenvalue weighted by Gasteiger charge is -2.18. The molecule has 0 radical (unpaired) electrons. The Morgan fingerprint density at radius 1 is 0.750 bits per heavy atom. The molecule has 0 heterocycles. The normalized spacial score (nSPS) is 13.2. The fourth-order valence-electron chi connectivity index (χ4n) is 3.72. The van der Waals surface area contributed by atoms with Gasteiger partial charge < -0.3 is 4.74 Å². The number of hydrogen-bond donors (Lipinski definition) is 1. The average Bonchev–Trinajstić information content (AvgIpc) is 2.63. The Morgan fingerprint density at radius 2 is 1.16 bits per heavy atom. The fourth-order valence-corrected chi connectivity index (χ4v) is 6.65. The van der Waals surface area contributed by atoms with Gasteiger partial charge in [0.2, 0.25) is 0 Å². The third-order valence-corrected chi connectivity index (χ3v) is 8.42. The molecule has 0 unspecified atom stereocenters. The van der Waals surface area contributed by atoms with Crippen molar-refractivity contribution in [2.45, 2.75) is 21.6 Å². The molecule has 0 bridgehead atoms. The maximum Gasteiger partial charge on any atom is 0.308 e. The largest absolute Gasteiger partial charge is 0.426 e. The zero-order chi connectivity index (χ0) is 23.8. The van der Waals surface area contributed by atoms with Gasteiger partial charge >= 0.3 is 5.97 Å². The number of carbonyl (C=O) groups excluding carboxylic acids is 1. The summed E-state index contributed by atoms with van der Waals surface area (Å²) >= 11 is 0. The van der Waals surface area contributed by atoms with Crippen molar-refractivity contribution >= 4 is 87.9 Å². The molecule has 0 fully saturated rings. The molecule has 0 aliphatic rings. The minimum absolute atomic E-state index is 0.00871. The Bertz CT molecular complexity index is 1740. The predicted octanol–water partition coefficient (Wildman–Crippen LogP) is 3.61. The molecule has 14 heteroatoms. The SMILES string of the molecule is CC(=O)Oc1cc(S(=O)(=O)Cl)c2ccc3c(S(=O)(=O)Cl)cc(S(=O)(=O)O)c4ccc1c2c43. The Morgan fingerprint density at radius 3 is 1.59 bits per heavy atom. The van der Waals surface area contributed by atoms with Crippen LogP contribution >= 0.6 is 21.4 Å². The highest BCUT2D eigenvalue weighted by atomic mass is 35.7. The first kappa shape index (κ1) is 23.0. The average molecular weight is 537 g/mol. The molecule has 9 nitrogen and oxygen atoms in total. The zero-order valence-corrected chi connectivity index (χ0v) is 19.6. The number of esters is 1. The lowest BCUT2D eigenvalue weighted by atomic mass is 9.93. The van der Waals surface area contributed by atoms with E-state index >= 15 is 0 Å². The van der Waals surface area contributed by atoms with Crippen molar-refractivity contribution < 1.29 is 39.3 Å². The molecule has 4 aromatic rings. The monoisotopic (exact) mass is 536 g/mol. The lowest BCUT2D eigenvalue weighted by Crippen LogP contribution is -2.06. The topological polar surface area (TPSA) is 149 Å². The summed E-state index contributed by atoms with van der Waals surface area (Å²) in [6, 6.07) is 6.87. The molecule has 0 amide bonds. The van der Waals surface area contributed by atoms with Crippen molar-refractivity contribution in [1.82, 2.24) is 0 Å². The highest BCUT2D eigenvalue weighted by molar-refractivity contribution is 8.14. The van der Waals surface area contributed by atoms with Gasteiger partial charge in [-0.05, 0) is 12.1 Å². The summed E-state index contributed by atoms with van der Waals surface area (Å²) in [6.07, 6.45) is 0. The standard InChI is InChI=1S/C18H10Cl2O9S3/c1-8(21)29-13-6-14(30(19,22)23)10-4-5-11-15(31(20,24)25)7-16(32(26,27)28)12-3-2-9(13)17(10)18(11)12/h2-7H,1H3,(H,26,27,28). The van der Waals surface area contributed by atoms with E-state index in [1.807, 2.05) is 0 Å². The van der Waals surface area contributed by atoms with Crippen LogP contribution in [-0.4, -0.2) is 35.8 Å². The highest BCUT2D eigenvalue weighted by Crippen LogP contribution is 2.45. The van der Waals surface area contributed by atoms with E-state index in [0.29, 0.717) is 6.07 Å². The fraction of sp³-hybridized carbons (Fsp3) is 0.0556. The summed E-state index contributed by atoms with van der Waals surface area (Å²) in [4.78, 5) is 9.76. The maximum atomic E-state index is 12.2. The van der Waals surface area contributed by atoms with Crippen LogP contribution in [0.5, 0.6) is 5.75 Å². The number of carbonyl (C=O) groups is 1. The Balaban J connectivity index is 2.43. The Labute approximate surface area is 190 Å². The summed E-state index contributed by atoms with van der Waals surface area (Å²) in [5.74, 6) is -0.980. The van der Waals surface area contributed by atoms with E-state index in [9.17, 15) is 34.6 Å². The van der Waals surface area contributed by atoms with Crippen LogP contribution in [0, 0.1) is 0 Å². The number of halogens is 2. The molecule has 0 spiro atoms. The number of rotatable bonds is 4. The quantitative estimate of drug-likeness (QED) is 0.135. The van der Waals surface area contributed by atoms with Crippen molar-refractivity contribution in [2.24, 2.45) is 0 Å². The van der Waals surface area contributed by atoms with E-state index in [2.05, 4.69) is 0 Å². The van der Waals surface area contributed by atoms with Gasteiger partial charge in [0.25, 0.3) is 28.2 Å². The van der Waals surface area contributed by atoms with Crippen molar-refractivity contribution in [2.75, 3.05) is 0 Å². The first-order valence-corrected chi connectivity index (χ1v) is 14.5. The summed E-state index contributed by atoms with van der Waals surface area (Å²) in [5.41, 5.74) is 0. The molecule has 0 saturated heterocycles. The van der Waals surface area contributed by atoms with Crippen LogP contribution < -0.4 is 4.74 Å². The van der Waals surface area contributed by atoms with Crippen LogP contribution in [0.1, 0.15) is 6.92 Å². The van der Waals surface area contributed by atoms with Crippen LogP contribution in [-0.2, 0) is 33.0 Å². The van der Waals surface area contributed by atoms with Crippen molar-refractivity contribution in [3.8, 4) is 5.75 Å². The first-order chi connectivity index (χ1) is 14.6. The maximum absolute atomic E-state index is 12.2. The summed E-state index contributed by atoms with van der Waals surface area (Å²) in [7, 11) is -2.74. The summed E-state index contributed by atoms with van der Waals surface area (Å²) in [6.45, 7) is 1.08. The van der Waals surface area contributed by atoms with Gasteiger partial charge in [0.05, 0.1) is 9.79 Å². The van der Waals surface area contributed by atoms with Gasteiger partial charge in [-0.3, -0.25) is 9.35 Å². The van der Waals surface area contributed by atoms with Crippen LogP contribution in [0.25, 0.3) is 32.3 Å². The molecular weight excluding hydrogens is 527 g/mol. The van der Waals surface area contributed by atoms with Crippen LogP contribution in [0.2, 0.25) is 0 Å². The molecule has 168 valence electrons. The molecule has 1 N–H and O–H groups in total. The zero-order valence-electron chi connectivity index (χ0n) is 15.7. The van der Waals surface area contributed by atoms with Crippen LogP contribution in [0.4, 0.5) is 0 Å². The van der Waals surface area contributed by atoms with Gasteiger partial charge in [-0.25, -0.2) is 16.8 Å². The number of hydrogen-bond acceptors (Lipinski definition) is 8. The van der Waals surface area contributed by atoms with Crippen LogP contribution in [0.3, 0.4) is 0 Å². The molecular formula is C18H10Cl2O9S3. The van der Waals surface area contributed by atoms with E-state index in [-0.39, 0.29) is 38.1 Å². The molecule has 4 aromatic carbocycles. The van der Waals surface area contributed by atoms with Gasteiger partial charge in [-0.1, -0.05) is 18.2 Å². The molecule has 0 atom stereocenters. The van der Waals surface area contributed by atoms with E-state index in [0.717, 1.165) is 13.0 Å². The second-order valence-corrected chi connectivity index (χ2v) is 13.2. The first-order valence-electron chi connectivity index (χ1n) is 8.44. The minimum Gasteiger partial charge on any atom is -0.426 e. The minimum atomic E-state index is -4.93. The molecule has 32 heavy (non-hydrogen) atoms. The molecule has 0 aromatic heterocycles. The highest BCUT2D eigenvalue weighted by Gasteiger charge is 2.28. The van der Waals surface area contributed by atoms with E-state index in [1.54, 1.807) is 0 Å². The van der Waals surface area contributed by atoms with Gasteiger partial charge in [0, 0.05) is 66.7 Å². The lowest BCUT2D eigenvalue weighted by molar-refractivity contribution is -0.131. The van der Waals surface area contributed by atoms with E-state index in [1.165, 1.54) is 24.3 Å². The Kier molecular flexibility index (Phi) is 5.12. The van der Waals surface area contributed by atoms with Gasteiger partial charge in [-0.2, -0.15) is 8.42 Å². The summed E-state index contributed by atoms with van der Waals surface area (Å²) < 4.78 is 87.8.